The number of benzene rings is 2. The molecule has 118 valence electrons. The van der Waals surface area contributed by atoms with Gasteiger partial charge in [0.05, 0.1) is 4.90 Å². The Hall–Kier alpha value is -2.53. The molecular weight excluding hydrogens is 310 g/mol. The van der Waals surface area contributed by atoms with E-state index >= 15 is 0 Å². The average Bonchev–Trinajstić information content (AvgIpc) is 2.56. The Balaban J connectivity index is 2.01. The normalized spacial score (nSPS) is 16.4. The van der Waals surface area contributed by atoms with Crippen LogP contribution in [0.3, 0.4) is 0 Å². The van der Waals surface area contributed by atoms with Gasteiger partial charge >= 0.3 is 0 Å². The van der Waals surface area contributed by atoms with Gasteiger partial charge in [-0.3, -0.25) is 0 Å². The van der Waals surface area contributed by atoms with Crippen molar-refractivity contribution >= 4 is 16.1 Å². The molecule has 0 atom stereocenters. The maximum Gasteiger partial charge on any atom is 0.270 e. The maximum atomic E-state index is 12.9. The highest BCUT2D eigenvalue weighted by atomic mass is 32.2. The summed E-state index contributed by atoms with van der Waals surface area (Å²) < 4.78 is 32.4. The second kappa shape index (κ2) is 6.30. The van der Waals surface area contributed by atoms with Crippen LogP contribution in [-0.4, -0.2) is 19.3 Å². The molecule has 0 amide bonds. The number of hydrogen-bond acceptors (Lipinski definition) is 3. The number of rotatable bonds is 3. The van der Waals surface area contributed by atoms with Crippen molar-refractivity contribution in [3.05, 3.63) is 83.9 Å². The average molecular weight is 327 g/mol. The molecule has 0 radical (unpaired) electrons. The van der Waals surface area contributed by atoms with Gasteiger partial charge in [-0.2, -0.15) is 0 Å². The van der Waals surface area contributed by atoms with Crippen molar-refractivity contribution in [3.63, 3.8) is 0 Å². The Morgan fingerprint density at radius 2 is 1.74 bits per heavy atom. The molecule has 2 aromatic carbocycles. The zero-order chi connectivity index (χ0) is 16.3. The van der Waals surface area contributed by atoms with Gasteiger partial charge in [0.1, 0.15) is 6.61 Å². The third-order valence-corrected chi connectivity index (χ3v) is 5.14. The third-order valence-electron chi connectivity index (χ3n) is 3.45. The molecular formula is C18H17NO3S. The SMILES string of the molecule is Cc1ccc(S(=O)(=O)N2C=CCO/C2=C\c2ccccc2)cc1. The van der Waals surface area contributed by atoms with E-state index in [0.717, 1.165) is 11.1 Å². The highest BCUT2D eigenvalue weighted by Gasteiger charge is 2.27. The van der Waals surface area contributed by atoms with Gasteiger partial charge in [0, 0.05) is 12.3 Å². The zero-order valence-electron chi connectivity index (χ0n) is 12.7. The van der Waals surface area contributed by atoms with Crippen LogP contribution >= 0.6 is 0 Å². The number of sulfonamides is 1. The lowest BCUT2D eigenvalue weighted by atomic mass is 10.2. The van der Waals surface area contributed by atoms with Gasteiger partial charge in [0.2, 0.25) is 5.88 Å². The molecule has 1 aliphatic rings. The van der Waals surface area contributed by atoms with Crippen LogP contribution in [0.25, 0.3) is 6.08 Å². The Labute approximate surface area is 136 Å². The molecule has 5 heteroatoms. The third kappa shape index (κ3) is 3.29. The van der Waals surface area contributed by atoms with E-state index < -0.39 is 10.0 Å². The molecule has 0 aromatic heterocycles. The molecule has 0 aliphatic carbocycles. The van der Waals surface area contributed by atoms with Crippen molar-refractivity contribution in [2.75, 3.05) is 6.61 Å². The molecule has 0 saturated heterocycles. The van der Waals surface area contributed by atoms with Crippen LogP contribution in [0, 0.1) is 6.92 Å². The van der Waals surface area contributed by atoms with Gasteiger partial charge < -0.3 is 4.74 Å². The van der Waals surface area contributed by atoms with Crippen molar-refractivity contribution in [1.29, 1.82) is 0 Å². The van der Waals surface area contributed by atoms with Crippen LogP contribution in [0.2, 0.25) is 0 Å². The molecule has 3 rings (SSSR count). The van der Waals surface area contributed by atoms with Crippen molar-refractivity contribution < 1.29 is 13.2 Å². The highest BCUT2D eigenvalue weighted by molar-refractivity contribution is 7.89. The summed E-state index contributed by atoms with van der Waals surface area (Å²) in [5.41, 5.74) is 1.89. The zero-order valence-corrected chi connectivity index (χ0v) is 13.5. The molecule has 0 unspecified atom stereocenters. The smallest absolute Gasteiger partial charge is 0.270 e. The lowest BCUT2D eigenvalue weighted by Crippen LogP contribution is -2.29. The number of ether oxygens (including phenoxy) is 1. The molecule has 0 bridgehead atoms. The maximum absolute atomic E-state index is 12.9. The van der Waals surface area contributed by atoms with E-state index in [4.69, 9.17) is 4.74 Å². The summed E-state index contributed by atoms with van der Waals surface area (Å²) in [6.07, 6.45) is 4.93. The Morgan fingerprint density at radius 1 is 1.04 bits per heavy atom. The second-order valence-corrected chi connectivity index (χ2v) is 7.02. The van der Waals surface area contributed by atoms with Crippen LogP contribution in [0.15, 0.2) is 77.7 Å². The van der Waals surface area contributed by atoms with Crippen molar-refractivity contribution in [3.8, 4) is 0 Å². The summed E-state index contributed by atoms with van der Waals surface area (Å²) >= 11 is 0. The minimum absolute atomic E-state index is 0.234. The number of aryl methyl sites for hydroxylation is 1. The number of nitrogens with zero attached hydrogens (tertiary/aromatic N) is 1. The van der Waals surface area contributed by atoms with Gasteiger partial charge in [0.25, 0.3) is 10.0 Å². The van der Waals surface area contributed by atoms with Crippen LogP contribution in [0.1, 0.15) is 11.1 Å². The second-order valence-electron chi connectivity index (χ2n) is 5.20. The predicted octanol–water partition coefficient (Wildman–Crippen LogP) is 3.53. The van der Waals surface area contributed by atoms with E-state index in [2.05, 4.69) is 0 Å². The van der Waals surface area contributed by atoms with Crippen LogP contribution in [0.5, 0.6) is 0 Å². The highest BCUT2D eigenvalue weighted by Crippen LogP contribution is 2.25. The minimum atomic E-state index is -3.69. The molecule has 2 aromatic rings. The first kappa shape index (κ1) is 15.4. The minimum Gasteiger partial charge on any atom is -0.474 e. The summed E-state index contributed by atoms with van der Waals surface area (Å²) in [6.45, 7) is 2.26. The fraction of sp³-hybridized carbons (Fsp3) is 0.111. The molecule has 0 fully saturated rings. The molecule has 0 saturated carbocycles. The topological polar surface area (TPSA) is 46.6 Å². The Morgan fingerprint density at radius 3 is 2.43 bits per heavy atom. The van der Waals surface area contributed by atoms with Gasteiger partial charge in [0.15, 0.2) is 0 Å². The quantitative estimate of drug-likeness (QED) is 0.866. The monoisotopic (exact) mass is 327 g/mol. The van der Waals surface area contributed by atoms with Crippen LogP contribution in [-0.2, 0) is 14.8 Å². The molecule has 0 spiro atoms. The molecule has 1 heterocycles. The predicted molar refractivity (Wildman–Crippen MR) is 89.7 cm³/mol. The van der Waals surface area contributed by atoms with Crippen molar-refractivity contribution in [1.82, 2.24) is 4.31 Å². The lowest BCUT2D eigenvalue weighted by Gasteiger charge is -2.26. The van der Waals surface area contributed by atoms with E-state index in [1.54, 1.807) is 36.4 Å². The molecule has 4 nitrogen and oxygen atoms in total. The van der Waals surface area contributed by atoms with E-state index in [-0.39, 0.29) is 4.90 Å². The van der Waals surface area contributed by atoms with Gasteiger partial charge in [-0.15, -0.1) is 0 Å². The molecule has 0 N–H and O–H groups in total. The molecule has 23 heavy (non-hydrogen) atoms. The first-order valence-electron chi connectivity index (χ1n) is 7.25. The van der Waals surface area contributed by atoms with E-state index in [9.17, 15) is 8.42 Å². The van der Waals surface area contributed by atoms with E-state index in [1.165, 1.54) is 10.5 Å². The van der Waals surface area contributed by atoms with Gasteiger partial charge in [-0.1, -0.05) is 48.0 Å². The molecule has 1 aliphatic heterocycles. The van der Waals surface area contributed by atoms with E-state index in [0.29, 0.717) is 12.5 Å². The largest absolute Gasteiger partial charge is 0.474 e. The fourth-order valence-electron chi connectivity index (χ4n) is 2.23. The number of hydrogen-bond donors (Lipinski definition) is 0. The van der Waals surface area contributed by atoms with Gasteiger partial charge in [-0.05, 0) is 30.7 Å². The first-order valence-corrected chi connectivity index (χ1v) is 8.69. The Kier molecular flexibility index (Phi) is 4.21. The summed E-state index contributed by atoms with van der Waals surface area (Å²) in [6, 6.07) is 16.2. The Bertz CT molecular complexity index is 838. The van der Waals surface area contributed by atoms with Crippen LogP contribution in [0.4, 0.5) is 0 Å². The van der Waals surface area contributed by atoms with Crippen LogP contribution < -0.4 is 0 Å². The van der Waals surface area contributed by atoms with Gasteiger partial charge in [-0.25, -0.2) is 12.7 Å². The lowest BCUT2D eigenvalue weighted by molar-refractivity contribution is 0.186. The summed E-state index contributed by atoms with van der Waals surface area (Å²) in [5.74, 6) is 0.291. The standard InChI is InChI=1S/C18H17NO3S/c1-15-8-10-17(11-9-15)23(20,21)19-12-5-13-22-18(19)14-16-6-3-2-4-7-16/h2-12,14H,13H2,1H3/b18-14-. The fourth-order valence-corrected chi connectivity index (χ4v) is 3.52. The van der Waals surface area contributed by atoms with Crippen molar-refractivity contribution in [2.24, 2.45) is 0 Å². The summed E-state index contributed by atoms with van der Waals surface area (Å²) in [4.78, 5) is 0.234. The summed E-state index contributed by atoms with van der Waals surface area (Å²) in [5, 5.41) is 0. The van der Waals surface area contributed by atoms with Crippen molar-refractivity contribution in [2.45, 2.75) is 11.8 Å². The van der Waals surface area contributed by atoms with E-state index in [1.807, 2.05) is 37.3 Å². The summed E-state index contributed by atoms with van der Waals surface area (Å²) in [7, 11) is -3.69. The first-order chi connectivity index (χ1) is 11.1.